The highest BCUT2D eigenvalue weighted by Crippen LogP contribution is 2.30. The first-order chi connectivity index (χ1) is 8.29. The van der Waals surface area contributed by atoms with Crippen molar-refractivity contribution < 1.29 is 19.0 Å². The normalized spacial score (nSPS) is 13.0. The van der Waals surface area contributed by atoms with Gasteiger partial charge in [-0.2, -0.15) is 0 Å². The van der Waals surface area contributed by atoms with Crippen LogP contribution in [0.1, 0.15) is 12.5 Å². The molecule has 0 aromatic heterocycles. The van der Waals surface area contributed by atoms with Gasteiger partial charge >= 0.3 is 6.09 Å². The lowest BCUT2D eigenvalue weighted by molar-refractivity contribution is 0.151. The quantitative estimate of drug-likeness (QED) is 0.869. The van der Waals surface area contributed by atoms with Gasteiger partial charge < -0.3 is 19.5 Å². The first-order valence-corrected chi connectivity index (χ1v) is 5.58. The first-order valence-electron chi connectivity index (χ1n) is 5.58. The number of carbonyl (C=O) groups is 1. The minimum absolute atomic E-state index is 0.368. The third-order valence-electron chi connectivity index (χ3n) is 2.32. The summed E-state index contributed by atoms with van der Waals surface area (Å²) in [5.41, 5.74) is 0.947. The van der Waals surface area contributed by atoms with E-state index < -0.39 is 6.09 Å². The van der Waals surface area contributed by atoms with E-state index in [1.54, 1.807) is 6.92 Å². The summed E-state index contributed by atoms with van der Waals surface area (Å²) in [5, 5.41) is 2.65. The Kier molecular flexibility index (Phi) is 3.69. The van der Waals surface area contributed by atoms with Gasteiger partial charge in [0.05, 0.1) is 6.61 Å². The number of carbonyl (C=O) groups excluding carboxylic acids is 1. The predicted octanol–water partition coefficient (Wildman–Crippen LogP) is 1.70. The third kappa shape index (κ3) is 3.03. The average molecular weight is 237 g/mol. The summed E-state index contributed by atoms with van der Waals surface area (Å²) in [6.45, 7) is 3.68. The monoisotopic (exact) mass is 237 g/mol. The average Bonchev–Trinajstić information content (AvgIpc) is 2.36. The molecule has 0 atom stereocenters. The fraction of sp³-hybridized carbons (Fsp3) is 0.417. The van der Waals surface area contributed by atoms with E-state index in [-0.39, 0.29) is 0 Å². The molecule has 92 valence electrons. The second-order valence-electron chi connectivity index (χ2n) is 3.55. The Morgan fingerprint density at radius 3 is 2.88 bits per heavy atom. The lowest BCUT2D eigenvalue weighted by Gasteiger charge is -2.18. The SMILES string of the molecule is CCOC(=O)NCc1ccc2c(c1)OCCO2. The van der Waals surface area contributed by atoms with Gasteiger partial charge in [0.1, 0.15) is 13.2 Å². The van der Waals surface area contributed by atoms with Crippen LogP contribution in [-0.4, -0.2) is 25.9 Å². The molecule has 1 aromatic rings. The van der Waals surface area contributed by atoms with Crippen LogP contribution in [0.15, 0.2) is 18.2 Å². The molecule has 0 saturated carbocycles. The Bertz CT molecular complexity index is 405. The van der Waals surface area contributed by atoms with Crippen LogP contribution in [-0.2, 0) is 11.3 Å². The molecule has 17 heavy (non-hydrogen) atoms. The van der Waals surface area contributed by atoms with Crippen LogP contribution < -0.4 is 14.8 Å². The Morgan fingerprint density at radius 1 is 1.35 bits per heavy atom. The van der Waals surface area contributed by atoms with E-state index >= 15 is 0 Å². The standard InChI is InChI=1S/C12H15NO4/c1-2-15-12(14)13-8-9-3-4-10-11(7-9)17-6-5-16-10/h3-4,7H,2,5-6,8H2,1H3,(H,13,14). The van der Waals surface area contributed by atoms with Gasteiger partial charge in [0.2, 0.25) is 0 Å². The molecule has 0 bridgehead atoms. The summed E-state index contributed by atoms with van der Waals surface area (Å²) in [6.07, 6.45) is -0.414. The largest absolute Gasteiger partial charge is 0.486 e. The summed E-state index contributed by atoms with van der Waals surface area (Å²) >= 11 is 0. The molecule has 2 rings (SSSR count). The molecule has 1 heterocycles. The molecule has 0 aliphatic carbocycles. The Labute approximate surface area is 99.7 Å². The van der Waals surface area contributed by atoms with E-state index in [9.17, 15) is 4.79 Å². The van der Waals surface area contributed by atoms with Crippen molar-refractivity contribution in [3.05, 3.63) is 23.8 Å². The number of rotatable bonds is 3. The molecule has 0 saturated heterocycles. The van der Waals surface area contributed by atoms with Crippen LogP contribution in [0.3, 0.4) is 0 Å². The minimum atomic E-state index is -0.414. The molecule has 1 amide bonds. The van der Waals surface area contributed by atoms with Crippen LogP contribution in [0.5, 0.6) is 11.5 Å². The maximum atomic E-state index is 11.1. The fourth-order valence-electron chi connectivity index (χ4n) is 1.55. The van der Waals surface area contributed by atoms with Gasteiger partial charge in [-0.3, -0.25) is 0 Å². The van der Waals surface area contributed by atoms with E-state index in [4.69, 9.17) is 14.2 Å². The summed E-state index contributed by atoms with van der Waals surface area (Å²) in [5.74, 6) is 1.47. The molecule has 1 aliphatic heterocycles. The van der Waals surface area contributed by atoms with Crippen LogP contribution >= 0.6 is 0 Å². The van der Waals surface area contributed by atoms with E-state index in [2.05, 4.69) is 5.32 Å². The minimum Gasteiger partial charge on any atom is -0.486 e. The van der Waals surface area contributed by atoms with Crippen molar-refractivity contribution in [2.75, 3.05) is 19.8 Å². The van der Waals surface area contributed by atoms with Gasteiger partial charge in [-0.25, -0.2) is 4.79 Å². The van der Waals surface area contributed by atoms with E-state index in [0.29, 0.717) is 26.4 Å². The zero-order valence-corrected chi connectivity index (χ0v) is 9.69. The number of amides is 1. The molecule has 0 spiro atoms. The number of fused-ring (bicyclic) bond motifs is 1. The molecule has 0 unspecified atom stereocenters. The molecule has 1 aromatic carbocycles. The molecule has 5 heteroatoms. The van der Waals surface area contributed by atoms with Crippen LogP contribution in [0, 0.1) is 0 Å². The smallest absolute Gasteiger partial charge is 0.407 e. The molecule has 1 N–H and O–H groups in total. The molecule has 0 fully saturated rings. The number of hydrogen-bond donors (Lipinski definition) is 1. The fourth-order valence-corrected chi connectivity index (χ4v) is 1.55. The highest BCUT2D eigenvalue weighted by atomic mass is 16.6. The topological polar surface area (TPSA) is 56.8 Å². The highest BCUT2D eigenvalue weighted by Gasteiger charge is 2.11. The predicted molar refractivity (Wildman–Crippen MR) is 61.3 cm³/mol. The van der Waals surface area contributed by atoms with Crippen LogP contribution in [0.25, 0.3) is 0 Å². The van der Waals surface area contributed by atoms with Crippen molar-refractivity contribution in [2.24, 2.45) is 0 Å². The van der Waals surface area contributed by atoms with Gasteiger partial charge in [-0.05, 0) is 24.6 Å². The van der Waals surface area contributed by atoms with Crippen molar-refractivity contribution >= 4 is 6.09 Å². The first kappa shape index (κ1) is 11.6. The highest BCUT2D eigenvalue weighted by molar-refractivity contribution is 5.67. The third-order valence-corrected chi connectivity index (χ3v) is 2.32. The van der Waals surface area contributed by atoms with Gasteiger partial charge in [0, 0.05) is 6.54 Å². The molecule has 5 nitrogen and oxygen atoms in total. The Morgan fingerprint density at radius 2 is 2.12 bits per heavy atom. The summed E-state index contributed by atoms with van der Waals surface area (Å²) in [6, 6.07) is 5.59. The lowest BCUT2D eigenvalue weighted by atomic mass is 10.2. The molecular formula is C12H15NO4. The maximum absolute atomic E-state index is 11.1. The second-order valence-corrected chi connectivity index (χ2v) is 3.55. The molecule has 0 radical (unpaired) electrons. The van der Waals surface area contributed by atoms with Crippen molar-refractivity contribution in [2.45, 2.75) is 13.5 Å². The van der Waals surface area contributed by atoms with Gasteiger partial charge in [-0.1, -0.05) is 6.07 Å². The van der Waals surface area contributed by atoms with Crippen molar-refractivity contribution in [1.82, 2.24) is 5.32 Å². The molecular weight excluding hydrogens is 222 g/mol. The number of nitrogens with one attached hydrogen (secondary N) is 1. The number of alkyl carbamates (subject to hydrolysis) is 1. The second kappa shape index (κ2) is 5.43. The number of benzene rings is 1. The van der Waals surface area contributed by atoms with Gasteiger partial charge in [0.25, 0.3) is 0 Å². The lowest BCUT2D eigenvalue weighted by Crippen LogP contribution is -2.23. The van der Waals surface area contributed by atoms with Crippen molar-refractivity contribution in [3.63, 3.8) is 0 Å². The number of ether oxygens (including phenoxy) is 3. The van der Waals surface area contributed by atoms with E-state index in [1.807, 2.05) is 18.2 Å². The maximum Gasteiger partial charge on any atom is 0.407 e. The summed E-state index contributed by atoms with van der Waals surface area (Å²) in [7, 11) is 0. The van der Waals surface area contributed by atoms with E-state index in [0.717, 1.165) is 17.1 Å². The van der Waals surface area contributed by atoms with Crippen molar-refractivity contribution in [3.8, 4) is 11.5 Å². The zero-order valence-electron chi connectivity index (χ0n) is 9.69. The zero-order chi connectivity index (χ0) is 12.1. The Hall–Kier alpha value is -1.91. The van der Waals surface area contributed by atoms with Crippen molar-refractivity contribution in [1.29, 1.82) is 0 Å². The Balaban J connectivity index is 1.95. The van der Waals surface area contributed by atoms with E-state index in [1.165, 1.54) is 0 Å². The molecule has 1 aliphatic rings. The van der Waals surface area contributed by atoms with Crippen LogP contribution in [0.4, 0.5) is 4.79 Å². The number of hydrogen-bond acceptors (Lipinski definition) is 4. The van der Waals surface area contributed by atoms with Crippen LogP contribution in [0.2, 0.25) is 0 Å². The van der Waals surface area contributed by atoms with Gasteiger partial charge in [0.15, 0.2) is 11.5 Å². The summed E-state index contributed by atoms with van der Waals surface area (Å²) < 4.78 is 15.6. The summed E-state index contributed by atoms with van der Waals surface area (Å²) in [4.78, 5) is 11.1. The van der Waals surface area contributed by atoms with Gasteiger partial charge in [-0.15, -0.1) is 0 Å².